The van der Waals surface area contributed by atoms with Crippen molar-refractivity contribution < 1.29 is 9.90 Å². The Balaban J connectivity index is 3.05. The maximum atomic E-state index is 9.83. The number of carboxylic acids is 1. The van der Waals surface area contributed by atoms with Crippen molar-refractivity contribution in [1.29, 1.82) is 0 Å². The summed E-state index contributed by atoms with van der Waals surface area (Å²) in [6, 6.07) is 0. The predicted molar refractivity (Wildman–Crippen MR) is 33.8 cm³/mol. The zero-order chi connectivity index (χ0) is 6.57. The molecule has 0 fully saturated rings. The van der Waals surface area contributed by atoms with E-state index in [0.29, 0.717) is 6.42 Å². The van der Waals surface area contributed by atoms with E-state index in [1.165, 1.54) is 0 Å². The first kappa shape index (κ1) is 7.91. The molecule has 0 radical (unpaired) electrons. The maximum Gasteiger partial charge on any atom is 0.303 e. The predicted octanol–water partition coefficient (Wildman–Crippen LogP) is 0.531. The zero-order valence-corrected chi connectivity index (χ0v) is 5.89. The third-order valence-electron chi connectivity index (χ3n) is 0.634. The van der Waals surface area contributed by atoms with Crippen LogP contribution in [0.5, 0.6) is 0 Å². The number of halogens is 1. The summed E-state index contributed by atoms with van der Waals surface area (Å²) >= 11 is 3.02. The molecule has 0 rings (SSSR count). The van der Waals surface area contributed by atoms with Crippen LogP contribution < -0.4 is 5.73 Å². The second-order valence-electron chi connectivity index (χ2n) is 1.45. The van der Waals surface area contributed by atoms with E-state index in [9.17, 15) is 4.79 Å². The number of alkyl halides is 1. The number of rotatable bonds is 3. The van der Waals surface area contributed by atoms with Crippen LogP contribution in [0.3, 0.4) is 0 Å². The Bertz CT molecular complexity index is 84.1. The Morgan fingerprint density at radius 1 is 1.88 bits per heavy atom. The molecule has 0 heterocycles. The van der Waals surface area contributed by atoms with Crippen molar-refractivity contribution in [1.82, 2.24) is 0 Å². The SMILES string of the molecule is NC(Br)CCC(=O)O. The van der Waals surface area contributed by atoms with Crippen molar-refractivity contribution in [3.8, 4) is 0 Å². The van der Waals surface area contributed by atoms with Crippen LogP contribution in [0.1, 0.15) is 12.8 Å². The van der Waals surface area contributed by atoms with Crippen LogP contribution in [0.4, 0.5) is 0 Å². The Labute approximate surface area is 56.0 Å². The minimum Gasteiger partial charge on any atom is -0.481 e. The molecular weight excluding hydrogens is 174 g/mol. The molecule has 1 unspecified atom stereocenters. The van der Waals surface area contributed by atoms with Crippen LogP contribution in [0.25, 0.3) is 0 Å². The van der Waals surface area contributed by atoms with Gasteiger partial charge in [0.05, 0.1) is 4.95 Å². The van der Waals surface area contributed by atoms with E-state index in [1.54, 1.807) is 0 Å². The minimum absolute atomic E-state index is 0.131. The highest BCUT2D eigenvalue weighted by atomic mass is 79.9. The fraction of sp³-hybridized carbons (Fsp3) is 0.750. The Kier molecular flexibility index (Phi) is 3.81. The van der Waals surface area contributed by atoms with Gasteiger partial charge in [0.15, 0.2) is 0 Å². The molecular formula is C4H8BrNO2. The molecule has 0 aliphatic heterocycles. The summed E-state index contributed by atoms with van der Waals surface area (Å²) in [5, 5.41) is 8.09. The first-order valence-corrected chi connectivity index (χ1v) is 3.16. The van der Waals surface area contributed by atoms with Crippen LogP contribution in [0.2, 0.25) is 0 Å². The van der Waals surface area contributed by atoms with Crippen molar-refractivity contribution >= 4 is 21.9 Å². The highest BCUT2D eigenvalue weighted by Gasteiger charge is 1.99. The first-order chi connectivity index (χ1) is 3.63. The normalized spacial score (nSPS) is 13.2. The lowest BCUT2D eigenvalue weighted by Crippen LogP contribution is -2.12. The number of nitrogens with two attached hydrogens (primary N) is 1. The first-order valence-electron chi connectivity index (χ1n) is 2.24. The van der Waals surface area contributed by atoms with Crippen LogP contribution >= 0.6 is 15.9 Å². The molecule has 3 nitrogen and oxygen atoms in total. The molecule has 3 N–H and O–H groups in total. The fourth-order valence-corrected chi connectivity index (χ4v) is 0.490. The third kappa shape index (κ3) is 5.91. The lowest BCUT2D eigenvalue weighted by Gasteiger charge is -1.96. The van der Waals surface area contributed by atoms with Crippen molar-refractivity contribution in [3.63, 3.8) is 0 Å². The monoisotopic (exact) mass is 181 g/mol. The van der Waals surface area contributed by atoms with Gasteiger partial charge >= 0.3 is 5.97 Å². The molecule has 48 valence electrons. The summed E-state index contributed by atoms with van der Waals surface area (Å²) in [5.74, 6) is -0.806. The number of carboxylic acid groups (broad SMARTS) is 1. The van der Waals surface area contributed by atoms with Gasteiger partial charge in [-0.15, -0.1) is 0 Å². The van der Waals surface area contributed by atoms with Gasteiger partial charge in [-0.05, 0) is 6.42 Å². The van der Waals surface area contributed by atoms with E-state index >= 15 is 0 Å². The molecule has 0 aromatic rings. The molecule has 0 aromatic carbocycles. The molecule has 0 aliphatic rings. The maximum absolute atomic E-state index is 9.83. The van der Waals surface area contributed by atoms with E-state index < -0.39 is 5.97 Å². The van der Waals surface area contributed by atoms with Gasteiger partial charge in [0.25, 0.3) is 0 Å². The smallest absolute Gasteiger partial charge is 0.303 e. The van der Waals surface area contributed by atoms with Gasteiger partial charge in [-0.3, -0.25) is 4.79 Å². The second-order valence-corrected chi connectivity index (χ2v) is 2.62. The summed E-state index contributed by atoms with van der Waals surface area (Å²) < 4.78 is 0. The molecule has 0 aromatic heterocycles. The summed E-state index contributed by atoms with van der Waals surface area (Å²) in [7, 11) is 0. The minimum atomic E-state index is -0.806. The number of aliphatic carboxylic acids is 1. The molecule has 4 heteroatoms. The van der Waals surface area contributed by atoms with Crippen LogP contribution in [0, 0.1) is 0 Å². The molecule has 0 saturated carbocycles. The van der Waals surface area contributed by atoms with Gasteiger partial charge in [-0.2, -0.15) is 0 Å². The largest absolute Gasteiger partial charge is 0.481 e. The van der Waals surface area contributed by atoms with Gasteiger partial charge in [0.2, 0.25) is 0 Å². The summed E-state index contributed by atoms with van der Waals surface area (Å²) in [5.41, 5.74) is 5.19. The lowest BCUT2D eigenvalue weighted by atomic mass is 10.3. The standard InChI is InChI=1S/C4H8BrNO2/c5-3(6)1-2-4(7)8/h3H,1-2,6H2,(H,7,8). The lowest BCUT2D eigenvalue weighted by molar-refractivity contribution is -0.137. The summed E-state index contributed by atoms with van der Waals surface area (Å²) in [6.45, 7) is 0. The van der Waals surface area contributed by atoms with Crippen LogP contribution in [-0.4, -0.2) is 16.0 Å². The topological polar surface area (TPSA) is 63.3 Å². The average molecular weight is 182 g/mol. The van der Waals surface area contributed by atoms with Crippen molar-refractivity contribution in [3.05, 3.63) is 0 Å². The molecule has 8 heavy (non-hydrogen) atoms. The molecule has 0 aliphatic carbocycles. The Hall–Kier alpha value is -0.0900. The quantitative estimate of drug-likeness (QED) is 0.494. The van der Waals surface area contributed by atoms with E-state index in [4.69, 9.17) is 10.8 Å². The van der Waals surface area contributed by atoms with Crippen LogP contribution in [0.15, 0.2) is 0 Å². The van der Waals surface area contributed by atoms with E-state index in [-0.39, 0.29) is 11.4 Å². The van der Waals surface area contributed by atoms with E-state index in [0.717, 1.165) is 0 Å². The average Bonchev–Trinajstić information content (AvgIpc) is 1.61. The zero-order valence-electron chi connectivity index (χ0n) is 4.30. The highest BCUT2D eigenvalue weighted by molar-refractivity contribution is 9.09. The summed E-state index contributed by atoms with van der Waals surface area (Å²) in [4.78, 5) is 9.65. The molecule has 1 atom stereocenters. The molecule has 0 spiro atoms. The van der Waals surface area contributed by atoms with Gasteiger partial charge < -0.3 is 10.8 Å². The van der Waals surface area contributed by atoms with E-state index in [1.807, 2.05) is 0 Å². The van der Waals surface area contributed by atoms with Gasteiger partial charge in [0, 0.05) is 6.42 Å². The second kappa shape index (κ2) is 3.86. The number of hydrogen-bond acceptors (Lipinski definition) is 2. The van der Waals surface area contributed by atoms with Crippen molar-refractivity contribution in [2.24, 2.45) is 5.73 Å². The van der Waals surface area contributed by atoms with Gasteiger partial charge in [-0.25, -0.2) is 0 Å². The van der Waals surface area contributed by atoms with Gasteiger partial charge in [-0.1, -0.05) is 15.9 Å². The van der Waals surface area contributed by atoms with Crippen molar-refractivity contribution in [2.75, 3.05) is 0 Å². The number of hydrogen-bond donors (Lipinski definition) is 2. The number of carbonyl (C=O) groups is 1. The summed E-state index contributed by atoms with van der Waals surface area (Å²) in [6.07, 6.45) is 0.613. The van der Waals surface area contributed by atoms with E-state index in [2.05, 4.69) is 15.9 Å². The Morgan fingerprint density at radius 2 is 2.38 bits per heavy atom. The highest BCUT2D eigenvalue weighted by Crippen LogP contribution is 1.99. The van der Waals surface area contributed by atoms with Crippen molar-refractivity contribution in [2.45, 2.75) is 17.8 Å². The third-order valence-corrected chi connectivity index (χ3v) is 1.09. The fourth-order valence-electron chi connectivity index (χ4n) is 0.261. The molecule has 0 amide bonds. The Morgan fingerprint density at radius 3 is 2.50 bits per heavy atom. The van der Waals surface area contributed by atoms with Crippen LogP contribution in [-0.2, 0) is 4.79 Å². The van der Waals surface area contributed by atoms with Gasteiger partial charge in [0.1, 0.15) is 0 Å². The molecule has 0 saturated heterocycles. The molecule has 0 bridgehead atoms.